The molecule has 2 rings (SSSR count). The van der Waals surface area contributed by atoms with E-state index in [-0.39, 0.29) is 24.0 Å². The highest BCUT2D eigenvalue weighted by molar-refractivity contribution is 5.67. The Labute approximate surface area is 156 Å². The molecule has 0 atom stereocenters. The van der Waals surface area contributed by atoms with Crippen LogP contribution in [0.4, 0.5) is 31.0 Å². The highest BCUT2D eigenvalue weighted by Gasteiger charge is 2.15. The Morgan fingerprint density at radius 3 is 2.48 bits per heavy atom. The first kappa shape index (κ1) is 20.3. The molecule has 0 unspecified atom stereocenters. The lowest BCUT2D eigenvalue weighted by molar-refractivity contribution is 0.0530. The van der Waals surface area contributed by atoms with Crippen molar-refractivity contribution in [2.45, 2.75) is 33.0 Å². The van der Waals surface area contributed by atoms with Crippen LogP contribution in [0.5, 0.6) is 0 Å². The summed E-state index contributed by atoms with van der Waals surface area (Å²) < 4.78 is 31.2. The van der Waals surface area contributed by atoms with Gasteiger partial charge in [-0.2, -0.15) is 4.98 Å². The van der Waals surface area contributed by atoms with Crippen LogP contribution in [0.1, 0.15) is 26.5 Å². The number of hydrogen-bond donors (Lipinski definition) is 3. The fourth-order valence-electron chi connectivity index (χ4n) is 2.04. The number of alkyl carbamates (subject to hydrolysis) is 1. The fraction of sp³-hybridized carbons (Fsp3) is 0.389. The maximum atomic E-state index is 13.1. The molecule has 0 aliphatic carbocycles. The quantitative estimate of drug-likeness (QED) is 0.635. The maximum Gasteiger partial charge on any atom is 0.407 e. The highest BCUT2D eigenvalue weighted by atomic mass is 19.1. The molecule has 27 heavy (non-hydrogen) atoms. The standard InChI is InChI=1S/C18H23F2N5O2/c1-18(2,3)27-17(26)22-9-8-21-16-24-14(11-19)10-15(25-16)23-13-6-4-12(20)5-7-13/h4-7,10H,8-9,11H2,1-3H3,(H,22,26)(H2,21,23,24,25). The molecule has 0 radical (unpaired) electrons. The fourth-order valence-corrected chi connectivity index (χ4v) is 2.04. The summed E-state index contributed by atoms with van der Waals surface area (Å²) in [4.78, 5) is 19.9. The number of halogens is 2. The van der Waals surface area contributed by atoms with E-state index in [1.807, 2.05) is 0 Å². The number of nitrogens with one attached hydrogen (secondary N) is 3. The number of carbonyl (C=O) groups is 1. The number of carbonyl (C=O) groups excluding carboxylic acids is 1. The normalized spacial score (nSPS) is 11.0. The Bertz CT molecular complexity index is 763. The van der Waals surface area contributed by atoms with Crippen LogP contribution in [0.25, 0.3) is 0 Å². The zero-order valence-corrected chi connectivity index (χ0v) is 15.5. The molecule has 1 amide bonds. The number of ether oxygens (including phenoxy) is 1. The van der Waals surface area contributed by atoms with Gasteiger partial charge in [-0.05, 0) is 45.0 Å². The van der Waals surface area contributed by atoms with Crippen LogP contribution >= 0.6 is 0 Å². The number of alkyl halides is 1. The number of anilines is 3. The molecule has 0 aliphatic rings. The summed E-state index contributed by atoms with van der Waals surface area (Å²) in [6.07, 6.45) is -0.526. The first-order valence-corrected chi connectivity index (χ1v) is 8.42. The van der Waals surface area contributed by atoms with Crippen molar-refractivity contribution >= 4 is 23.5 Å². The van der Waals surface area contributed by atoms with Crippen LogP contribution < -0.4 is 16.0 Å². The van der Waals surface area contributed by atoms with Crippen LogP contribution in [0.3, 0.4) is 0 Å². The zero-order chi connectivity index (χ0) is 19.9. The van der Waals surface area contributed by atoms with Gasteiger partial charge in [-0.3, -0.25) is 0 Å². The number of nitrogens with zero attached hydrogens (tertiary/aromatic N) is 2. The average molecular weight is 379 g/mol. The summed E-state index contributed by atoms with van der Waals surface area (Å²) in [7, 11) is 0. The van der Waals surface area contributed by atoms with Crippen LogP contribution in [0, 0.1) is 5.82 Å². The molecule has 0 saturated heterocycles. The summed E-state index contributed by atoms with van der Waals surface area (Å²) >= 11 is 0. The minimum absolute atomic E-state index is 0.192. The molecule has 0 saturated carbocycles. The molecule has 0 bridgehead atoms. The van der Waals surface area contributed by atoms with Crippen molar-refractivity contribution in [3.63, 3.8) is 0 Å². The minimum Gasteiger partial charge on any atom is -0.444 e. The molecule has 1 aromatic carbocycles. The lowest BCUT2D eigenvalue weighted by Gasteiger charge is -2.19. The SMILES string of the molecule is CC(C)(C)OC(=O)NCCNc1nc(CF)cc(Nc2ccc(F)cc2)n1. The predicted octanol–water partition coefficient (Wildman–Crippen LogP) is 3.77. The van der Waals surface area contributed by atoms with Crippen molar-refractivity contribution in [3.05, 3.63) is 41.8 Å². The Morgan fingerprint density at radius 1 is 1.15 bits per heavy atom. The smallest absolute Gasteiger partial charge is 0.407 e. The lowest BCUT2D eigenvalue weighted by atomic mass is 10.2. The van der Waals surface area contributed by atoms with Gasteiger partial charge in [0.15, 0.2) is 0 Å². The molecule has 3 N–H and O–H groups in total. The largest absolute Gasteiger partial charge is 0.444 e. The van der Waals surface area contributed by atoms with E-state index < -0.39 is 18.4 Å². The van der Waals surface area contributed by atoms with Crippen molar-refractivity contribution in [2.75, 3.05) is 23.7 Å². The molecular weight excluding hydrogens is 356 g/mol. The lowest BCUT2D eigenvalue weighted by Crippen LogP contribution is -2.35. The monoisotopic (exact) mass is 379 g/mol. The Balaban J connectivity index is 1.92. The first-order valence-electron chi connectivity index (χ1n) is 8.42. The van der Waals surface area contributed by atoms with Gasteiger partial charge < -0.3 is 20.7 Å². The second-order valence-corrected chi connectivity index (χ2v) is 6.69. The van der Waals surface area contributed by atoms with E-state index in [0.717, 1.165) is 0 Å². The number of hydrogen-bond acceptors (Lipinski definition) is 6. The van der Waals surface area contributed by atoms with E-state index in [4.69, 9.17) is 4.74 Å². The summed E-state index contributed by atoms with van der Waals surface area (Å²) in [5, 5.41) is 8.47. The van der Waals surface area contributed by atoms with Crippen molar-refractivity contribution in [3.8, 4) is 0 Å². The Morgan fingerprint density at radius 2 is 1.85 bits per heavy atom. The second kappa shape index (κ2) is 9.11. The second-order valence-electron chi connectivity index (χ2n) is 6.69. The molecule has 0 aliphatic heterocycles. The summed E-state index contributed by atoms with van der Waals surface area (Å²) in [6.45, 7) is 5.17. The van der Waals surface area contributed by atoms with Gasteiger partial charge in [-0.1, -0.05) is 0 Å². The number of amides is 1. The summed E-state index contributed by atoms with van der Waals surface area (Å²) in [5.41, 5.74) is 0.228. The van der Waals surface area contributed by atoms with E-state index in [1.165, 1.54) is 18.2 Å². The van der Waals surface area contributed by atoms with Gasteiger partial charge >= 0.3 is 6.09 Å². The van der Waals surface area contributed by atoms with Crippen molar-refractivity contribution in [1.29, 1.82) is 0 Å². The predicted molar refractivity (Wildman–Crippen MR) is 99.3 cm³/mol. The van der Waals surface area contributed by atoms with E-state index in [2.05, 4.69) is 25.9 Å². The summed E-state index contributed by atoms with van der Waals surface area (Å²) in [5.74, 6) is 0.222. The van der Waals surface area contributed by atoms with Gasteiger partial charge in [0.1, 0.15) is 23.9 Å². The summed E-state index contributed by atoms with van der Waals surface area (Å²) in [6, 6.07) is 7.17. The van der Waals surface area contributed by atoms with E-state index in [9.17, 15) is 13.6 Å². The number of aromatic nitrogens is 2. The highest BCUT2D eigenvalue weighted by Crippen LogP contribution is 2.17. The first-order chi connectivity index (χ1) is 12.7. The van der Waals surface area contributed by atoms with Gasteiger partial charge in [-0.25, -0.2) is 18.6 Å². The van der Waals surface area contributed by atoms with Gasteiger partial charge in [0, 0.05) is 24.8 Å². The molecular formula is C18H23F2N5O2. The van der Waals surface area contributed by atoms with Crippen molar-refractivity contribution in [1.82, 2.24) is 15.3 Å². The molecule has 7 nitrogen and oxygen atoms in total. The minimum atomic E-state index is -0.758. The van der Waals surface area contributed by atoms with Gasteiger partial charge in [-0.15, -0.1) is 0 Å². The molecule has 1 heterocycles. The van der Waals surface area contributed by atoms with Crippen LogP contribution in [0.15, 0.2) is 30.3 Å². The van der Waals surface area contributed by atoms with E-state index in [1.54, 1.807) is 32.9 Å². The third kappa shape index (κ3) is 7.43. The molecule has 2 aromatic rings. The number of rotatable bonds is 7. The number of benzene rings is 1. The molecule has 0 fully saturated rings. The van der Waals surface area contributed by atoms with Crippen molar-refractivity contribution in [2.24, 2.45) is 0 Å². The topological polar surface area (TPSA) is 88.2 Å². The maximum absolute atomic E-state index is 13.1. The van der Waals surface area contributed by atoms with E-state index in [0.29, 0.717) is 18.1 Å². The van der Waals surface area contributed by atoms with Crippen molar-refractivity contribution < 1.29 is 18.3 Å². The molecule has 1 aromatic heterocycles. The van der Waals surface area contributed by atoms with Gasteiger partial charge in [0.05, 0.1) is 5.69 Å². The van der Waals surface area contributed by atoms with Crippen LogP contribution in [0.2, 0.25) is 0 Å². The Hall–Kier alpha value is -2.97. The molecule has 9 heteroatoms. The average Bonchev–Trinajstić information content (AvgIpc) is 2.59. The third-order valence-electron chi connectivity index (χ3n) is 3.11. The van der Waals surface area contributed by atoms with E-state index >= 15 is 0 Å². The zero-order valence-electron chi connectivity index (χ0n) is 15.5. The molecule has 146 valence electrons. The Kier molecular flexibility index (Phi) is 6.86. The van der Waals surface area contributed by atoms with Gasteiger partial charge in [0.2, 0.25) is 5.95 Å². The van der Waals surface area contributed by atoms with Crippen LogP contribution in [-0.4, -0.2) is 34.8 Å². The third-order valence-corrected chi connectivity index (χ3v) is 3.11. The van der Waals surface area contributed by atoms with Gasteiger partial charge in [0.25, 0.3) is 0 Å². The molecule has 0 spiro atoms. The van der Waals surface area contributed by atoms with Crippen LogP contribution in [-0.2, 0) is 11.4 Å².